The zero-order chi connectivity index (χ0) is 6.85. The van der Waals surface area contributed by atoms with Crippen LogP contribution in [-0.4, -0.2) is 16.6 Å². The van der Waals surface area contributed by atoms with Gasteiger partial charge in [-0.1, -0.05) is 5.16 Å². The van der Waals surface area contributed by atoms with E-state index in [4.69, 9.17) is 5.73 Å². The number of nitrogens with zero attached hydrogens (tertiary/aromatic N) is 1. The molecule has 50 valence electrons. The van der Waals surface area contributed by atoms with Crippen molar-refractivity contribution in [3.8, 4) is 0 Å². The van der Waals surface area contributed by atoms with E-state index in [9.17, 15) is 4.79 Å². The van der Waals surface area contributed by atoms with Crippen LogP contribution in [0.25, 0.3) is 0 Å². The van der Waals surface area contributed by atoms with Gasteiger partial charge in [-0.2, -0.15) is 0 Å². The van der Waals surface area contributed by atoms with Crippen molar-refractivity contribution in [3.05, 3.63) is 0 Å². The average molecular weight is 193 g/mol. The Morgan fingerprint density at radius 3 is 2.89 bits per heavy atom. The normalized spacial score (nSPS) is 25.0. The minimum absolute atomic E-state index is 0.454. The molecule has 4 nitrogen and oxygen atoms in total. The molecule has 0 saturated heterocycles. The summed E-state index contributed by atoms with van der Waals surface area (Å²) < 4.78 is 0.631. The van der Waals surface area contributed by atoms with Gasteiger partial charge >= 0.3 is 0 Å². The lowest BCUT2D eigenvalue weighted by molar-refractivity contribution is -0.127. The fraction of sp³-hybridized carbons (Fsp3) is 0.500. The second-order valence-electron chi connectivity index (χ2n) is 1.67. The first-order valence-corrected chi connectivity index (χ1v) is 3.17. The SMILES string of the molecule is NC(=O)[C@H]1CC(Br)=NO1. The summed E-state index contributed by atoms with van der Waals surface area (Å²) in [6.45, 7) is 0. The summed E-state index contributed by atoms with van der Waals surface area (Å²) in [5.41, 5.74) is 4.90. The second kappa shape index (κ2) is 2.34. The van der Waals surface area contributed by atoms with Crippen LogP contribution in [0.15, 0.2) is 5.16 Å². The molecular formula is C4H5BrN2O2. The summed E-state index contributed by atoms with van der Waals surface area (Å²) in [6.07, 6.45) is -0.116. The average Bonchev–Trinajstić information content (AvgIpc) is 2.14. The highest BCUT2D eigenvalue weighted by Gasteiger charge is 2.23. The summed E-state index contributed by atoms with van der Waals surface area (Å²) >= 11 is 3.06. The monoisotopic (exact) mass is 192 g/mol. The maximum absolute atomic E-state index is 10.4. The van der Waals surface area contributed by atoms with Crippen molar-refractivity contribution in [2.75, 3.05) is 0 Å². The Kier molecular flexibility index (Phi) is 1.70. The van der Waals surface area contributed by atoms with E-state index in [1.54, 1.807) is 0 Å². The minimum atomic E-state index is -0.570. The lowest BCUT2D eigenvalue weighted by atomic mass is 10.3. The summed E-state index contributed by atoms with van der Waals surface area (Å²) in [5.74, 6) is -0.479. The number of hydrogen-bond donors (Lipinski definition) is 1. The maximum atomic E-state index is 10.4. The van der Waals surface area contributed by atoms with E-state index in [0.717, 1.165) is 0 Å². The molecule has 0 aromatic heterocycles. The summed E-state index contributed by atoms with van der Waals surface area (Å²) in [4.78, 5) is 14.9. The van der Waals surface area contributed by atoms with Gasteiger partial charge in [0.2, 0.25) is 6.10 Å². The predicted octanol–water partition coefficient (Wildman–Crippen LogP) is -0.0310. The van der Waals surface area contributed by atoms with Crippen LogP contribution < -0.4 is 5.73 Å². The Hall–Kier alpha value is -0.580. The van der Waals surface area contributed by atoms with Crippen molar-refractivity contribution in [1.82, 2.24) is 0 Å². The molecule has 1 rings (SSSR count). The number of amides is 1. The molecule has 0 spiro atoms. The highest BCUT2D eigenvalue weighted by atomic mass is 79.9. The maximum Gasteiger partial charge on any atom is 0.261 e. The van der Waals surface area contributed by atoms with Gasteiger partial charge in [-0.3, -0.25) is 4.79 Å². The third-order valence-corrected chi connectivity index (χ3v) is 1.42. The molecular weight excluding hydrogens is 188 g/mol. The molecule has 0 aromatic rings. The summed E-state index contributed by atoms with van der Waals surface area (Å²) in [7, 11) is 0. The van der Waals surface area contributed by atoms with E-state index in [2.05, 4.69) is 25.9 Å². The van der Waals surface area contributed by atoms with Gasteiger partial charge < -0.3 is 10.6 Å². The molecule has 2 N–H and O–H groups in total. The number of primary amides is 1. The zero-order valence-electron chi connectivity index (χ0n) is 4.50. The lowest BCUT2D eigenvalue weighted by Crippen LogP contribution is -2.27. The first-order chi connectivity index (χ1) is 4.20. The van der Waals surface area contributed by atoms with Crippen LogP contribution in [0.1, 0.15) is 6.42 Å². The molecule has 0 saturated carbocycles. The zero-order valence-corrected chi connectivity index (χ0v) is 6.09. The molecule has 1 atom stereocenters. The van der Waals surface area contributed by atoms with Crippen LogP contribution in [0.4, 0.5) is 0 Å². The van der Waals surface area contributed by atoms with E-state index in [-0.39, 0.29) is 0 Å². The molecule has 0 fully saturated rings. The quantitative estimate of drug-likeness (QED) is 0.635. The van der Waals surface area contributed by atoms with Crippen molar-refractivity contribution in [3.63, 3.8) is 0 Å². The molecule has 0 unspecified atom stereocenters. The highest BCUT2D eigenvalue weighted by molar-refractivity contribution is 9.18. The van der Waals surface area contributed by atoms with Crippen LogP contribution in [0, 0.1) is 0 Å². The molecule has 0 aromatic carbocycles. The molecule has 1 heterocycles. The third kappa shape index (κ3) is 1.41. The fourth-order valence-electron chi connectivity index (χ4n) is 0.501. The van der Waals surface area contributed by atoms with Crippen LogP contribution in [0.2, 0.25) is 0 Å². The van der Waals surface area contributed by atoms with E-state index in [1.165, 1.54) is 0 Å². The number of hydrogen-bond acceptors (Lipinski definition) is 3. The molecule has 0 bridgehead atoms. The number of rotatable bonds is 1. The van der Waals surface area contributed by atoms with Crippen LogP contribution in [0.3, 0.4) is 0 Å². The Balaban J connectivity index is 2.47. The van der Waals surface area contributed by atoms with Crippen molar-refractivity contribution in [1.29, 1.82) is 0 Å². The van der Waals surface area contributed by atoms with Crippen LogP contribution in [-0.2, 0) is 9.63 Å². The fourth-order valence-corrected chi connectivity index (χ4v) is 0.878. The van der Waals surface area contributed by atoms with E-state index in [1.807, 2.05) is 0 Å². The number of oxime groups is 1. The molecule has 5 heteroatoms. The first kappa shape index (κ1) is 6.54. The van der Waals surface area contributed by atoms with E-state index < -0.39 is 12.0 Å². The smallest absolute Gasteiger partial charge is 0.261 e. The Morgan fingerprint density at radius 1 is 2.00 bits per heavy atom. The number of carbonyl (C=O) groups excluding carboxylic acids is 1. The van der Waals surface area contributed by atoms with Crippen molar-refractivity contribution in [2.24, 2.45) is 10.9 Å². The molecule has 1 aliphatic rings. The second-order valence-corrected chi connectivity index (χ2v) is 2.58. The van der Waals surface area contributed by atoms with E-state index >= 15 is 0 Å². The third-order valence-electron chi connectivity index (χ3n) is 0.950. The number of carbonyl (C=O) groups is 1. The van der Waals surface area contributed by atoms with Crippen LogP contribution in [0.5, 0.6) is 0 Å². The topological polar surface area (TPSA) is 64.7 Å². The molecule has 1 amide bonds. The standard InChI is InChI=1S/C4H5BrN2O2/c5-3-1-2(4(6)8)9-7-3/h2H,1H2,(H2,6,8)/t2-/m1/s1. The van der Waals surface area contributed by atoms with Gasteiger partial charge in [0.25, 0.3) is 5.91 Å². The van der Waals surface area contributed by atoms with Gasteiger partial charge in [0, 0.05) is 6.42 Å². The van der Waals surface area contributed by atoms with Gasteiger partial charge in [-0.05, 0) is 15.9 Å². The summed E-state index contributed by atoms with van der Waals surface area (Å²) in [6, 6.07) is 0. The van der Waals surface area contributed by atoms with Gasteiger partial charge in [0.05, 0.1) is 0 Å². The molecule has 9 heavy (non-hydrogen) atoms. The largest absolute Gasteiger partial charge is 0.381 e. The Labute approximate surface area is 60.2 Å². The van der Waals surface area contributed by atoms with Gasteiger partial charge in [0.15, 0.2) is 0 Å². The van der Waals surface area contributed by atoms with Crippen LogP contribution >= 0.6 is 15.9 Å². The Morgan fingerprint density at radius 2 is 2.67 bits per heavy atom. The predicted molar refractivity (Wildman–Crippen MR) is 35.0 cm³/mol. The number of halogens is 1. The van der Waals surface area contributed by atoms with Gasteiger partial charge in [-0.25, -0.2) is 0 Å². The van der Waals surface area contributed by atoms with Crippen molar-refractivity contribution in [2.45, 2.75) is 12.5 Å². The first-order valence-electron chi connectivity index (χ1n) is 2.37. The Bertz CT molecular complexity index is 168. The van der Waals surface area contributed by atoms with Gasteiger partial charge in [0.1, 0.15) is 4.62 Å². The summed E-state index contributed by atoms with van der Waals surface area (Å²) in [5, 5.41) is 3.47. The molecule has 1 aliphatic heterocycles. The lowest BCUT2D eigenvalue weighted by Gasteiger charge is -1.98. The molecule has 0 aliphatic carbocycles. The highest BCUT2D eigenvalue weighted by Crippen LogP contribution is 2.12. The van der Waals surface area contributed by atoms with Crippen molar-refractivity contribution >= 4 is 26.5 Å². The minimum Gasteiger partial charge on any atom is -0.381 e. The van der Waals surface area contributed by atoms with Crippen molar-refractivity contribution < 1.29 is 9.63 Å². The molecule has 0 radical (unpaired) electrons. The van der Waals surface area contributed by atoms with Gasteiger partial charge in [-0.15, -0.1) is 0 Å². The van der Waals surface area contributed by atoms with E-state index in [0.29, 0.717) is 11.0 Å². The number of nitrogens with two attached hydrogens (primary N) is 1.